The molecule has 1 aromatic heterocycles. The molecule has 0 bridgehead atoms. The Bertz CT molecular complexity index is 687. The number of aliphatic carboxylic acids is 1. The van der Waals surface area contributed by atoms with Crippen molar-refractivity contribution < 1.29 is 9.90 Å². The molecule has 0 aliphatic carbocycles. The van der Waals surface area contributed by atoms with Crippen LogP contribution in [0.4, 0.5) is 0 Å². The van der Waals surface area contributed by atoms with Gasteiger partial charge in [0.25, 0.3) is 0 Å². The minimum absolute atomic E-state index is 0.0853. The van der Waals surface area contributed by atoms with Gasteiger partial charge in [0, 0.05) is 31.4 Å². The zero-order valence-corrected chi connectivity index (χ0v) is 14.1. The Balaban J connectivity index is 1.63. The third kappa shape index (κ3) is 3.82. The molecule has 1 fully saturated rings. The van der Waals surface area contributed by atoms with Gasteiger partial charge in [-0.3, -0.25) is 9.78 Å². The van der Waals surface area contributed by atoms with Crippen molar-refractivity contribution in [2.75, 3.05) is 19.6 Å². The molecule has 4 nitrogen and oxygen atoms in total. The number of aromatic nitrogens is 1. The normalized spacial score (nSPS) is 21.0. The molecular weight excluding hydrogens is 300 g/mol. The Morgan fingerprint density at radius 1 is 1.25 bits per heavy atom. The van der Waals surface area contributed by atoms with Gasteiger partial charge in [0.1, 0.15) is 0 Å². The predicted molar refractivity (Wildman–Crippen MR) is 94.0 cm³/mol. The van der Waals surface area contributed by atoms with E-state index in [1.54, 1.807) is 6.20 Å². The monoisotopic (exact) mass is 324 g/mol. The second-order valence-electron chi connectivity index (χ2n) is 6.63. The molecule has 2 atom stereocenters. The van der Waals surface area contributed by atoms with Crippen LogP contribution in [0.2, 0.25) is 0 Å². The first-order chi connectivity index (χ1) is 11.6. The molecule has 0 spiro atoms. The molecule has 0 unspecified atom stereocenters. The molecule has 1 N–H and O–H groups in total. The lowest BCUT2D eigenvalue weighted by Gasteiger charge is -2.18. The van der Waals surface area contributed by atoms with E-state index in [9.17, 15) is 9.90 Å². The molecule has 24 heavy (non-hydrogen) atoms. The number of carboxylic acids is 1. The summed E-state index contributed by atoms with van der Waals surface area (Å²) in [6.45, 7) is 4.47. The molecule has 2 aromatic rings. The van der Waals surface area contributed by atoms with E-state index in [4.69, 9.17) is 0 Å². The van der Waals surface area contributed by atoms with Crippen LogP contribution in [0, 0.1) is 12.8 Å². The number of carbonyl (C=O) groups is 1. The number of hydrogen-bond acceptors (Lipinski definition) is 3. The van der Waals surface area contributed by atoms with Crippen LogP contribution in [0.5, 0.6) is 0 Å². The minimum Gasteiger partial charge on any atom is -0.481 e. The Kier molecular flexibility index (Phi) is 5.26. The number of nitrogens with zero attached hydrogens (tertiary/aromatic N) is 2. The highest BCUT2D eigenvalue weighted by Crippen LogP contribution is 2.34. The van der Waals surface area contributed by atoms with Crippen molar-refractivity contribution >= 4 is 5.97 Å². The topological polar surface area (TPSA) is 53.4 Å². The Hall–Kier alpha value is -2.20. The maximum absolute atomic E-state index is 11.7. The zero-order valence-electron chi connectivity index (χ0n) is 14.1. The minimum atomic E-state index is -0.682. The van der Waals surface area contributed by atoms with Crippen molar-refractivity contribution in [3.63, 3.8) is 0 Å². The van der Waals surface area contributed by atoms with Crippen LogP contribution in [-0.4, -0.2) is 40.6 Å². The molecule has 2 heterocycles. The van der Waals surface area contributed by atoms with E-state index in [1.165, 1.54) is 16.7 Å². The first kappa shape index (κ1) is 16.7. The molecule has 126 valence electrons. The van der Waals surface area contributed by atoms with E-state index in [-0.39, 0.29) is 11.8 Å². The lowest BCUT2D eigenvalue weighted by molar-refractivity contribution is -0.141. The van der Waals surface area contributed by atoms with E-state index in [0.717, 1.165) is 25.9 Å². The van der Waals surface area contributed by atoms with Gasteiger partial charge in [-0.25, -0.2) is 0 Å². The number of hydrogen-bond donors (Lipinski definition) is 1. The highest BCUT2D eigenvalue weighted by molar-refractivity contribution is 5.72. The molecule has 1 saturated heterocycles. The lowest BCUT2D eigenvalue weighted by atomic mass is 9.86. The average molecular weight is 324 g/mol. The van der Waals surface area contributed by atoms with Gasteiger partial charge < -0.3 is 10.0 Å². The first-order valence-corrected chi connectivity index (χ1v) is 8.54. The molecule has 0 radical (unpaired) electrons. The summed E-state index contributed by atoms with van der Waals surface area (Å²) in [5.41, 5.74) is 3.60. The van der Waals surface area contributed by atoms with E-state index in [2.05, 4.69) is 35.0 Å². The third-order valence-electron chi connectivity index (χ3n) is 4.96. The number of aryl methyl sites for hydroxylation is 2. The van der Waals surface area contributed by atoms with Gasteiger partial charge in [0.15, 0.2) is 0 Å². The van der Waals surface area contributed by atoms with Crippen LogP contribution in [0.3, 0.4) is 0 Å². The quantitative estimate of drug-likeness (QED) is 0.887. The van der Waals surface area contributed by atoms with Gasteiger partial charge in [-0.05, 0) is 49.1 Å². The van der Waals surface area contributed by atoms with E-state index in [0.29, 0.717) is 6.54 Å². The van der Waals surface area contributed by atoms with Crippen molar-refractivity contribution in [1.82, 2.24) is 9.88 Å². The first-order valence-electron chi connectivity index (χ1n) is 8.54. The van der Waals surface area contributed by atoms with Crippen molar-refractivity contribution in [2.24, 2.45) is 5.92 Å². The van der Waals surface area contributed by atoms with E-state index < -0.39 is 5.97 Å². The van der Waals surface area contributed by atoms with Gasteiger partial charge in [-0.15, -0.1) is 0 Å². The van der Waals surface area contributed by atoms with Gasteiger partial charge in [-0.1, -0.05) is 30.3 Å². The summed E-state index contributed by atoms with van der Waals surface area (Å²) in [4.78, 5) is 18.1. The van der Waals surface area contributed by atoms with Crippen molar-refractivity contribution in [3.8, 4) is 0 Å². The van der Waals surface area contributed by atoms with Crippen molar-refractivity contribution in [3.05, 3.63) is 65.5 Å². The smallest absolute Gasteiger partial charge is 0.308 e. The predicted octanol–water partition coefficient (Wildman–Crippen LogP) is 3.12. The molecule has 3 rings (SSSR count). The Morgan fingerprint density at radius 2 is 2.08 bits per heavy atom. The molecule has 0 amide bonds. The summed E-state index contributed by atoms with van der Waals surface area (Å²) in [7, 11) is 0. The highest BCUT2D eigenvalue weighted by Gasteiger charge is 2.38. The van der Waals surface area contributed by atoms with Crippen LogP contribution >= 0.6 is 0 Å². The van der Waals surface area contributed by atoms with Gasteiger partial charge in [0.2, 0.25) is 0 Å². The van der Waals surface area contributed by atoms with Crippen molar-refractivity contribution in [2.45, 2.75) is 25.7 Å². The van der Waals surface area contributed by atoms with E-state index in [1.807, 2.05) is 24.4 Å². The number of benzene rings is 1. The molecule has 0 saturated carbocycles. The molecule has 1 aliphatic heterocycles. The molecule has 1 aromatic carbocycles. The lowest BCUT2D eigenvalue weighted by Crippen LogP contribution is -2.24. The second-order valence-corrected chi connectivity index (χ2v) is 6.63. The van der Waals surface area contributed by atoms with Gasteiger partial charge in [0.05, 0.1) is 5.92 Å². The fourth-order valence-corrected chi connectivity index (χ4v) is 3.69. The number of carboxylic acid groups (broad SMARTS) is 1. The summed E-state index contributed by atoms with van der Waals surface area (Å²) < 4.78 is 0. The number of pyridine rings is 1. The second kappa shape index (κ2) is 7.58. The standard InChI is InChI=1S/C20H24N2O2/c1-15-6-2-3-9-17(15)18-13-22(14-19(18)20(23)24)11-5-8-16-7-4-10-21-12-16/h2-4,6-7,9-10,12,18-19H,5,8,11,13-14H2,1H3,(H,23,24)/t18-,19+/m0/s1. The summed E-state index contributed by atoms with van der Waals surface area (Å²) in [6, 6.07) is 12.2. The van der Waals surface area contributed by atoms with E-state index >= 15 is 0 Å². The van der Waals surface area contributed by atoms with Gasteiger partial charge >= 0.3 is 5.97 Å². The maximum atomic E-state index is 11.7. The Labute approximate surface area is 143 Å². The number of likely N-dealkylation sites (tertiary alicyclic amines) is 1. The van der Waals surface area contributed by atoms with Crippen LogP contribution in [0.1, 0.15) is 29.0 Å². The SMILES string of the molecule is Cc1ccccc1[C@@H]1CN(CCCc2cccnc2)C[C@H]1C(=O)O. The van der Waals surface area contributed by atoms with Crippen LogP contribution in [0.15, 0.2) is 48.8 Å². The number of rotatable bonds is 6. The third-order valence-corrected chi connectivity index (χ3v) is 4.96. The summed E-state index contributed by atoms with van der Waals surface area (Å²) in [5, 5.41) is 9.62. The van der Waals surface area contributed by atoms with Gasteiger partial charge in [-0.2, -0.15) is 0 Å². The molecule has 4 heteroatoms. The van der Waals surface area contributed by atoms with Crippen molar-refractivity contribution in [1.29, 1.82) is 0 Å². The fraction of sp³-hybridized carbons (Fsp3) is 0.400. The van der Waals surface area contributed by atoms with Crippen LogP contribution in [0.25, 0.3) is 0 Å². The zero-order chi connectivity index (χ0) is 16.9. The largest absolute Gasteiger partial charge is 0.481 e. The van der Waals surface area contributed by atoms with Crippen LogP contribution < -0.4 is 0 Å². The molecular formula is C20H24N2O2. The highest BCUT2D eigenvalue weighted by atomic mass is 16.4. The summed E-state index contributed by atoms with van der Waals surface area (Å²) in [6.07, 6.45) is 5.70. The maximum Gasteiger partial charge on any atom is 0.308 e. The average Bonchev–Trinajstić information content (AvgIpc) is 3.00. The van der Waals surface area contributed by atoms with Crippen LogP contribution in [-0.2, 0) is 11.2 Å². The fourth-order valence-electron chi connectivity index (χ4n) is 3.69. The summed E-state index contributed by atoms with van der Waals surface area (Å²) >= 11 is 0. The summed E-state index contributed by atoms with van der Waals surface area (Å²) in [5.74, 6) is -0.912. The molecule has 1 aliphatic rings. The Morgan fingerprint density at radius 3 is 2.79 bits per heavy atom.